The Morgan fingerprint density at radius 2 is 1.95 bits per heavy atom. The topological polar surface area (TPSA) is 53.9 Å². The fourth-order valence-corrected chi connectivity index (χ4v) is 3.11. The van der Waals surface area contributed by atoms with Crippen LogP contribution in [0, 0.1) is 4.77 Å². The van der Waals surface area contributed by atoms with E-state index in [-0.39, 0.29) is 5.91 Å². The summed E-state index contributed by atoms with van der Waals surface area (Å²) < 4.78 is 2.55. The summed E-state index contributed by atoms with van der Waals surface area (Å²) in [6.07, 6.45) is 1.79. The van der Waals surface area contributed by atoms with Crippen molar-refractivity contribution in [1.29, 1.82) is 0 Å². The van der Waals surface area contributed by atoms with Crippen LogP contribution in [0.4, 0.5) is 0 Å². The van der Waals surface area contributed by atoms with Gasteiger partial charge in [-0.2, -0.15) is 5.10 Å². The number of hydrogen-bond donors (Lipinski definition) is 1. The fourth-order valence-electron chi connectivity index (χ4n) is 2.84. The molecule has 7 heteroatoms. The summed E-state index contributed by atoms with van der Waals surface area (Å²) in [5, 5.41) is 7.77. The summed E-state index contributed by atoms with van der Waals surface area (Å²) in [5.41, 5.74) is 0.681. The Labute approximate surface area is 138 Å². The molecule has 1 amide bonds. The Kier molecular flexibility index (Phi) is 4.31. The molecule has 1 aromatic heterocycles. The molecule has 0 unspecified atom stereocenters. The molecule has 0 spiro atoms. The van der Waals surface area contributed by atoms with Gasteiger partial charge in [-0.15, -0.1) is 0 Å². The number of nitrogens with one attached hydrogen (secondary N) is 1. The van der Waals surface area contributed by atoms with Gasteiger partial charge >= 0.3 is 0 Å². The molecule has 1 aromatic carbocycles. The van der Waals surface area contributed by atoms with Crippen LogP contribution in [0.5, 0.6) is 0 Å². The van der Waals surface area contributed by atoms with Crippen LogP contribution in [0.25, 0.3) is 0 Å². The van der Waals surface area contributed by atoms with Crippen LogP contribution in [-0.2, 0) is 7.05 Å². The number of carbonyl (C=O) groups is 1. The predicted octanol–water partition coefficient (Wildman–Crippen LogP) is 3.15. The maximum Gasteiger partial charge on any atom is 0.253 e. The Morgan fingerprint density at radius 3 is 2.50 bits per heavy atom. The van der Waals surface area contributed by atoms with Crippen LogP contribution in [0.1, 0.15) is 34.9 Å². The molecule has 0 saturated carbocycles. The van der Waals surface area contributed by atoms with Crippen molar-refractivity contribution < 1.29 is 4.79 Å². The average molecular weight is 337 g/mol. The number of aromatic amines is 1. The maximum atomic E-state index is 12.5. The van der Waals surface area contributed by atoms with Crippen LogP contribution in [0.3, 0.4) is 0 Å². The molecule has 0 bridgehead atoms. The Hall–Kier alpha value is -1.66. The minimum Gasteiger partial charge on any atom is -0.339 e. The zero-order valence-electron chi connectivity index (χ0n) is 12.3. The van der Waals surface area contributed by atoms with Crippen molar-refractivity contribution in [3.05, 3.63) is 45.4 Å². The lowest BCUT2D eigenvalue weighted by molar-refractivity contribution is 0.0710. The zero-order chi connectivity index (χ0) is 15.7. The van der Waals surface area contributed by atoms with Crippen molar-refractivity contribution in [2.45, 2.75) is 18.8 Å². The predicted molar refractivity (Wildman–Crippen MR) is 87.7 cm³/mol. The molecule has 2 heterocycles. The third kappa shape index (κ3) is 2.94. The van der Waals surface area contributed by atoms with Gasteiger partial charge in [0.1, 0.15) is 5.82 Å². The van der Waals surface area contributed by atoms with E-state index in [9.17, 15) is 4.79 Å². The molecule has 1 saturated heterocycles. The second kappa shape index (κ2) is 6.22. The lowest BCUT2D eigenvalue weighted by atomic mass is 9.95. The van der Waals surface area contributed by atoms with Crippen LogP contribution in [-0.4, -0.2) is 38.7 Å². The summed E-state index contributed by atoms with van der Waals surface area (Å²) >= 11 is 11.0. The largest absolute Gasteiger partial charge is 0.339 e. The second-order valence-corrected chi connectivity index (χ2v) is 6.34. The molecule has 116 valence electrons. The number of likely N-dealkylation sites (tertiary alicyclic amines) is 1. The van der Waals surface area contributed by atoms with E-state index in [0.29, 0.717) is 21.3 Å². The number of rotatable bonds is 2. The Balaban J connectivity index is 1.66. The first-order valence-corrected chi connectivity index (χ1v) is 8.01. The van der Waals surface area contributed by atoms with Crippen LogP contribution < -0.4 is 0 Å². The fraction of sp³-hybridized carbons (Fsp3) is 0.400. The van der Waals surface area contributed by atoms with E-state index >= 15 is 0 Å². The van der Waals surface area contributed by atoms with E-state index in [0.717, 1.165) is 31.8 Å². The number of nitrogens with zero attached hydrogens (tertiary/aromatic N) is 3. The Morgan fingerprint density at radius 1 is 1.32 bits per heavy atom. The molecular formula is C15H17ClN4OS. The summed E-state index contributed by atoms with van der Waals surface area (Å²) in [6.45, 7) is 1.46. The molecule has 0 aliphatic carbocycles. The summed E-state index contributed by atoms with van der Waals surface area (Å²) in [7, 11) is 1.92. The number of benzene rings is 1. The quantitative estimate of drug-likeness (QED) is 0.857. The van der Waals surface area contributed by atoms with Crippen molar-refractivity contribution in [2.24, 2.45) is 7.05 Å². The van der Waals surface area contributed by atoms with Gasteiger partial charge in [0.15, 0.2) is 4.77 Å². The molecule has 2 aromatic rings. The zero-order valence-corrected chi connectivity index (χ0v) is 13.8. The van der Waals surface area contributed by atoms with E-state index < -0.39 is 0 Å². The number of amides is 1. The molecule has 3 rings (SSSR count). The van der Waals surface area contributed by atoms with Crippen LogP contribution >= 0.6 is 23.8 Å². The van der Waals surface area contributed by atoms with Crippen molar-refractivity contribution in [3.8, 4) is 0 Å². The van der Waals surface area contributed by atoms with Crippen LogP contribution in [0.2, 0.25) is 5.02 Å². The van der Waals surface area contributed by atoms with Crippen molar-refractivity contribution in [1.82, 2.24) is 19.7 Å². The average Bonchev–Trinajstić information content (AvgIpc) is 2.87. The highest BCUT2D eigenvalue weighted by atomic mass is 35.5. The van der Waals surface area contributed by atoms with E-state index in [4.69, 9.17) is 23.8 Å². The second-order valence-electron chi connectivity index (χ2n) is 5.52. The highest BCUT2D eigenvalue weighted by Crippen LogP contribution is 2.27. The van der Waals surface area contributed by atoms with E-state index in [2.05, 4.69) is 10.2 Å². The molecule has 1 aliphatic heterocycles. The maximum absolute atomic E-state index is 12.5. The van der Waals surface area contributed by atoms with Gasteiger partial charge in [-0.3, -0.25) is 9.89 Å². The smallest absolute Gasteiger partial charge is 0.253 e. The monoisotopic (exact) mass is 336 g/mol. The van der Waals surface area contributed by atoms with Gasteiger partial charge in [0, 0.05) is 36.6 Å². The Bertz CT molecular complexity index is 729. The first-order valence-electron chi connectivity index (χ1n) is 7.22. The highest BCUT2D eigenvalue weighted by Gasteiger charge is 2.27. The van der Waals surface area contributed by atoms with Crippen LogP contribution in [0.15, 0.2) is 24.3 Å². The number of carbonyl (C=O) groups excluding carboxylic acids is 1. The van der Waals surface area contributed by atoms with Gasteiger partial charge in [0.2, 0.25) is 0 Å². The minimum atomic E-state index is 0.0606. The summed E-state index contributed by atoms with van der Waals surface area (Å²) in [5.74, 6) is 1.38. The standard InChI is InChI=1S/C15H17ClN4OS/c1-19-13(17-18-15(19)22)10-6-8-20(9-7-10)14(21)11-2-4-12(16)5-3-11/h2-5,10H,6-9H2,1H3,(H,18,22). The molecule has 1 fully saturated rings. The highest BCUT2D eigenvalue weighted by molar-refractivity contribution is 7.71. The van der Waals surface area contributed by atoms with E-state index in [1.165, 1.54) is 0 Å². The molecule has 1 aliphatic rings. The number of aromatic nitrogens is 3. The molecule has 5 nitrogen and oxygen atoms in total. The van der Waals surface area contributed by atoms with Gasteiger partial charge in [-0.05, 0) is 49.3 Å². The normalized spacial score (nSPS) is 16.0. The molecule has 0 radical (unpaired) electrons. The third-order valence-corrected chi connectivity index (χ3v) is 4.77. The first kappa shape index (κ1) is 15.2. The summed E-state index contributed by atoms with van der Waals surface area (Å²) in [4.78, 5) is 14.4. The van der Waals surface area contributed by atoms with Crippen molar-refractivity contribution in [3.63, 3.8) is 0 Å². The molecule has 22 heavy (non-hydrogen) atoms. The summed E-state index contributed by atoms with van der Waals surface area (Å²) in [6, 6.07) is 7.04. The lowest BCUT2D eigenvalue weighted by Crippen LogP contribution is -2.38. The SMILES string of the molecule is Cn1c(C2CCN(C(=O)c3ccc(Cl)cc3)CC2)n[nH]c1=S. The number of hydrogen-bond acceptors (Lipinski definition) is 3. The van der Waals surface area contributed by atoms with Gasteiger partial charge in [0.05, 0.1) is 0 Å². The molecular weight excluding hydrogens is 320 g/mol. The number of halogens is 1. The number of piperidine rings is 1. The van der Waals surface area contributed by atoms with Crippen molar-refractivity contribution in [2.75, 3.05) is 13.1 Å². The van der Waals surface area contributed by atoms with Gasteiger partial charge in [-0.1, -0.05) is 11.6 Å². The number of H-pyrrole nitrogens is 1. The molecule has 0 atom stereocenters. The first-order chi connectivity index (χ1) is 10.6. The van der Waals surface area contributed by atoms with Gasteiger partial charge in [-0.25, -0.2) is 0 Å². The van der Waals surface area contributed by atoms with Gasteiger partial charge < -0.3 is 9.47 Å². The van der Waals surface area contributed by atoms with Gasteiger partial charge in [0.25, 0.3) is 5.91 Å². The lowest BCUT2D eigenvalue weighted by Gasteiger charge is -2.31. The van der Waals surface area contributed by atoms with Crippen molar-refractivity contribution >= 4 is 29.7 Å². The minimum absolute atomic E-state index is 0.0606. The molecule has 1 N–H and O–H groups in total. The van der Waals surface area contributed by atoms with E-state index in [1.807, 2.05) is 16.5 Å². The van der Waals surface area contributed by atoms with E-state index in [1.54, 1.807) is 24.3 Å². The third-order valence-electron chi connectivity index (χ3n) is 4.15.